The maximum Gasteiger partial charge on any atom is 0.161 e. The van der Waals surface area contributed by atoms with Crippen molar-refractivity contribution in [2.75, 3.05) is 33.4 Å². The number of phenols is 1. The van der Waals surface area contributed by atoms with Crippen molar-refractivity contribution in [2.24, 2.45) is 0 Å². The molecule has 0 bridgehead atoms. The van der Waals surface area contributed by atoms with Gasteiger partial charge in [0.05, 0.1) is 13.2 Å². The van der Waals surface area contributed by atoms with Gasteiger partial charge in [-0.15, -0.1) is 0 Å². The molecule has 31 heavy (non-hydrogen) atoms. The first-order valence-electron chi connectivity index (χ1n) is 10.8. The van der Waals surface area contributed by atoms with Crippen LogP contribution >= 0.6 is 0 Å². The molecule has 168 valence electrons. The molecule has 0 aliphatic carbocycles. The molecule has 1 saturated heterocycles. The van der Waals surface area contributed by atoms with Crippen molar-refractivity contribution in [3.05, 3.63) is 59.7 Å². The fraction of sp³-hybridized carbons (Fsp3) is 0.440. The molecule has 1 fully saturated rings. The molecule has 0 spiro atoms. The minimum absolute atomic E-state index is 0.141. The summed E-state index contributed by atoms with van der Waals surface area (Å²) in [6, 6.07) is 13.0. The van der Waals surface area contributed by atoms with Gasteiger partial charge in [0, 0.05) is 31.8 Å². The van der Waals surface area contributed by atoms with Gasteiger partial charge in [0.25, 0.3) is 0 Å². The van der Waals surface area contributed by atoms with Crippen molar-refractivity contribution in [3.63, 3.8) is 0 Å². The summed E-state index contributed by atoms with van der Waals surface area (Å²) in [7, 11) is 1.60. The molecule has 0 radical (unpaired) electrons. The molecule has 6 nitrogen and oxygen atoms in total. The van der Waals surface area contributed by atoms with Crippen LogP contribution < -0.4 is 9.47 Å². The molecular weight excluding hydrogens is 394 g/mol. The lowest BCUT2D eigenvalue weighted by Gasteiger charge is -2.28. The van der Waals surface area contributed by atoms with Gasteiger partial charge in [-0.25, -0.2) is 0 Å². The van der Waals surface area contributed by atoms with Crippen LogP contribution in [0.15, 0.2) is 48.5 Å². The summed E-state index contributed by atoms with van der Waals surface area (Å²) >= 11 is 0. The highest BCUT2D eigenvalue weighted by Crippen LogP contribution is 2.29. The topological polar surface area (TPSA) is 71.4 Å². The molecule has 2 atom stereocenters. The smallest absolute Gasteiger partial charge is 0.161 e. The van der Waals surface area contributed by atoms with Gasteiger partial charge in [0.1, 0.15) is 18.5 Å². The molecule has 1 aliphatic heterocycles. The van der Waals surface area contributed by atoms with E-state index in [-0.39, 0.29) is 18.5 Å². The van der Waals surface area contributed by atoms with E-state index in [0.717, 1.165) is 30.6 Å². The highest BCUT2D eigenvalue weighted by molar-refractivity contribution is 5.55. The number of hydrogen-bond donors (Lipinski definition) is 2. The number of phenolic OH excluding ortho intramolecular Hbond substituents is 1. The average molecular weight is 428 g/mol. The number of allylic oxidation sites excluding steroid dienone is 1. The first-order chi connectivity index (χ1) is 15.1. The minimum Gasteiger partial charge on any atom is -0.508 e. The van der Waals surface area contributed by atoms with Gasteiger partial charge in [-0.2, -0.15) is 0 Å². The second kappa shape index (κ2) is 11.7. The molecule has 1 aliphatic rings. The quantitative estimate of drug-likeness (QED) is 0.568. The zero-order valence-electron chi connectivity index (χ0n) is 18.4. The second-order valence-electron chi connectivity index (χ2n) is 7.83. The molecule has 0 saturated carbocycles. The maximum absolute atomic E-state index is 10.7. The summed E-state index contributed by atoms with van der Waals surface area (Å²) in [5.41, 5.74) is 1.85. The van der Waals surface area contributed by atoms with E-state index >= 15 is 0 Å². The lowest BCUT2D eigenvalue weighted by atomic mass is 10.1. The Bertz CT molecular complexity index is 848. The summed E-state index contributed by atoms with van der Waals surface area (Å²) in [5, 5.41) is 20.8. The lowest BCUT2D eigenvalue weighted by Crippen LogP contribution is -2.39. The number of methoxy groups -OCH3 is 1. The van der Waals surface area contributed by atoms with Crippen molar-refractivity contribution >= 4 is 6.08 Å². The largest absolute Gasteiger partial charge is 0.508 e. The van der Waals surface area contributed by atoms with Crippen molar-refractivity contribution in [1.29, 1.82) is 0 Å². The van der Waals surface area contributed by atoms with Crippen LogP contribution in [0.2, 0.25) is 0 Å². The number of nitrogens with zero attached hydrogens (tertiary/aromatic N) is 1. The van der Waals surface area contributed by atoms with Gasteiger partial charge >= 0.3 is 0 Å². The van der Waals surface area contributed by atoms with Gasteiger partial charge in [-0.05, 0) is 43.5 Å². The summed E-state index contributed by atoms with van der Waals surface area (Å²) in [4.78, 5) is 2.12. The van der Waals surface area contributed by atoms with E-state index in [4.69, 9.17) is 14.2 Å². The molecular formula is C25H33NO5. The van der Waals surface area contributed by atoms with Crippen LogP contribution in [0.25, 0.3) is 6.08 Å². The summed E-state index contributed by atoms with van der Waals surface area (Å²) in [6.07, 6.45) is 5.48. The molecule has 0 aromatic heterocycles. The zero-order valence-corrected chi connectivity index (χ0v) is 18.4. The third kappa shape index (κ3) is 6.99. The lowest BCUT2D eigenvalue weighted by molar-refractivity contribution is 0.0307. The Kier molecular flexibility index (Phi) is 8.76. The number of aliphatic hydroxyl groups excluding tert-OH is 1. The molecule has 6 heteroatoms. The standard InChI is InChI=1S/C25H33NO5/c1-3-7-19-11-12-24(25(14-19)29-2)31-18-21(27)16-26(17-22-9-6-13-30-22)15-20-8-4-5-10-23(20)28/h3-5,7-8,10-12,14,21-22,27-28H,6,9,13,15-18H2,1-2H3. The van der Waals surface area contributed by atoms with Gasteiger partial charge in [-0.3, -0.25) is 4.90 Å². The monoisotopic (exact) mass is 427 g/mol. The SMILES string of the molecule is CC=Cc1ccc(OCC(O)CN(Cc2ccccc2O)CC2CCCO2)c(OC)c1. The highest BCUT2D eigenvalue weighted by Gasteiger charge is 2.22. The number of para-hydroxylation sites is 1. The van der Waals surface area contributed by atoms with Gasteiger partial charge in [-0.1, -0.05) is 36.4 Å². The average Bonchev–Trinajstić information content (AvgIpc) is 3.27. The Hall–Kier alpha value is -2.54. The van der Waals surface area contributed by atoms with E-state index in [1.807, 2.05) is 49.4 Å². The summed E-state index contributed by atoms with van der Waals surface area (Å²) in [6.45, 7) is 4.53. The van der Waals surface area contributed by atoms with Gasteiger partial charge < -0.3 is 24.4 Å². The third-order valence-corrected chi connectivity index (χ3v) is 5.32. The number of aliphatic hydroxyl groups is 1. The van der Waals surface area contributed by atoms with Crippen molar-refractivity contribution in [1.82, 2.24) is 4.90 Å². The number of benzene rings is 2. The molecule has 2 N–H and O–H groups in total. The summed E-state index contributed by atoms with van der Waals surface area (Å²) < 4.78 is 17.1. The molecule has 2 unspecified atom stereocenters. The Morgan fingerprint density at radius 3 is 2.77 bits per heavy atom. The van der Waals surface area contributed by atoms with Crippen molar-refractivity contribution in [2.45, 2.75) is 38.5 Å². The van der Waals surface area contributed by atoms with E-state index in [9.17, 15) is 10.2 Å². The number of hydrogen-bond acceptors (Lipinski definition) is 6. The molecule has 0 amide bonds. The predicted molar refractivity (Wildman–Crippen MR) is 122 cm³/mol. The van der Waals surface area contributed by atoms with E-state index < -0.39 is 6.10 Å². The minimum atomic E-state index is -0.702. The predicted octanol–water partition coefficient (Wildman–Crippen LogP) is 3.85. The van der Waals surface area contributed by atoms with Gasteiger partial charge in [0.15, 0.2) is 11.5 Å². The van der Waals surface area contributed by atoms with E-state index in [0.29, 0.717) is 31.1 Å². The molecule has 2 aromatic carbocycles. The van der Waals surface area contributed by atoms with Crippen LogP contribution in [0.3, 0.4) is 0 Å². The number of rotatable bonds is 11. The highest BCUT2D eigenvalue weighted by atomic mass is 16.5. The second-order valence-corrected chi connectivity index (χ2v) is 7.83. The van der Waals surface area contributed by atoms with E-state index in [1.165, 1.54) is 0 Å². The number of ether oxygens (including phenoxy) is 3. The van der Waals surface area contributed by atoms with Crippen molar-refractivity contribution in [3.8, 4) is 17.2 Å². The Morgan fingerprint density at radius 2 is 2.06 bits per heavy atom. The first kappa shape index (κ1) is 23.1. The van der Waals surface area contributed by atoms with Gasteiger partial charge in [0.2, 0.25) is 0 Å². The normalized spacial score (nSPS) is 17.4. The van der Waals surface area contributed by atoms with Crippen LogP contribution in [0.4, 0.5) is 0 Å². The fourth-order valence-corrected chi connectivity index (χ4v) is 3.80. The summed E-state index contributed by atoms with van der Waals surface area (Å²) in [5.74, 6) is 1.49. The van der Waals surface area contributed by atoms with Crippen LogP contribution in [0.1, 0.15) is 30.9 Å². The Labute approximate surface area is 184 Å². The zero-order chi connectivity index (χ0) is 22.1. The van der Waals surface area contributed by atoms with E-state index in [2.05, 4.69) is 4.90 Å². The van der Waals surface area contributed by atoms with Crippen LogP contribution in [-0.4, -0.2) is 60.7 Å². The van der Waals surface area contributed by atoms with Crippen LogP contribution in [0.5, 0.6) is 17.2 Å². The molecule has 1 heterocycles. The Balaban J connectivity index is 1.61. The van der Waals surface area contributed by atoms with E-state index in [1.54, 1.807) is 19.2 Å². The molecule has 2 aromatic rings. The fourth-order valence-electron chi connectivity index (χ4n) is 3.80. The molecule has 3 rings (SSSR count). The Morgan fingerprint density at radius 1 is 1.23 bits per heavy atom. The van der Waals surface area contributed by atoms with Crippen LogP contribution in [0, 0.1) is 0 Å². The van der Waals surface area contributed by atoms with Crippen LogP contribution in [-0.2, 0) is 11.3 Å². The maximum atomic E-state index is 10.7. The van der Waals surface area contributed by atoms with Crippen molar-refractivity contribution < 1.29 is 24.4 Å². The third-order valence-electron chi connectivity index (χ3n) is 5.32. The first-order valence-corrected chi connectivity index (χ1v) is 10.8. The number of aromatic hydroxyl groups is 1.